The standard InChI is InChI=1S/C15H10ClF4N5/c16-11-6-9(22-14-23-13(21)24-25-14)5-10(15(18,19)20)12(11)7-2-1-3-8(17)4-7/h1-6H,(H4,21,22,23,24,25). The van der Waals surface area contributed by atoms with Gasteiger partial charge in [-0.2, -0.15) is 18.2 Å². The van der Waals surface area contributed by atoms with E-state index in [1.165, 1.54) is 18.2 Å². The van der Waals surface area contributed by atoms with Crippen LogP contribution in [0.2, 0.25) is 5.02 Å². The topological polar surface area (TPSA) is 79.6 Å². The van der Waals surface area contributed by atoms with E-state index in [1.54, 1.807) is 0 Å². The molecular formula is C15H10ClF4N5. The predicted octanol–water partition coefficient (Wildman–Crippen LogP) is 4.61. The molecule has 0 saturated heterocycles. The number of nitrogens with zero attached hydrogens (tertiary/aromatic N) is 2. The highest BCUT2D eigenvalue weighted by atomic mass is 35.5. The number of benzene rings is 2. The number of nitrogen functional groups attached to an aromatic ring is 1. The summed E-state index contributed by atoms with van der Waals surface area (Å²) < 4.78 is 53.9. The molecule has 130 valence electrons. The van der Waals surface area contributed by atoms with Crippen molar-refractivity contribution in [3.05, 3.63) is 52.8 Å². The summed E-state index contributed by atoms with van der Waals surface area (Å²) in [6.07, 6.45) is -4.71. The van der Waals surface area contributed by atoms with Crippen LogP contribution < -0.4 is 11.1 Å². The monoisotopic (exact) mass is 371 g/mol. The maximum Gasteiger partial charge on any atom is 0.417 e. The molecule has 25 heavy (non-hydrogen) atoms. The summed E-state index contributed by atoms with van der Waals surface area (Å²) in [5, 5.41) is 8.40. The van der Waals surface area contributed by atoms with Crippen LogP contribution >= 0.6 is 11.6 Å². The lowest BCUT2D eigenvalue weighted by molar-refractivity contribution is -0.137. The molecule has 2 aromatic carbocycles. The second-order valence-corrected chi connectivity index (χ2v) is 5.47. The number of aromatic nitrogens is 3. The molecular weight excluding hydrogens is 362 g/mol. The number of hydrogen-bond donors (Lipinski definition) is 3. The third-order valence-electron chi connectivity index (χ3n) is 3.27. The lowest BCUT2D eigenvalue weighted by atomic mass is 9.98. The van der Waals surface area contributed by atoms with E-state index in [2.05, 4.69) is 20.5 Å². The van der Waals surface area contributed by atoms with Gasteiger partial charge in [0.2, 0.25) is 11.9 Å². The van der Waals surface area contributed by atoms with Gasteiger partial charge in [0.15, 0.2) is 0 Å². The number of anilines is 3. The third-order valence-corrected chi connectivity index (χ3v) is 3.57. The molecule has 0 amide bonds. The molecule has 0 fully saturated rings. The molecule has 0 aliphatic rings. The highest BCUT2D eigenvalue weighted by Gasteiger charge is 2.35. The lowest BCUT2D eigenvalue weighted by Gasteiger charge is -2.17. The van der Waals surface area contributed by atoms with E-state index in [-0.39, 0.29) is 33.7 Å². The highest BCUT2D eigenvalue weighted by molar-refractivity contribution is 6.33. The van der Waals surface area contributed by atoms with Gasteiger partial charge in [0.25, 0.3) is 0 Å². The molecule has 0 bridgehead atoms. The third kappa shape index (κ3) is 3.66. The van der Waals surface area contributed by atoms with Gasteiger partial charge in [0.1, 0.15) is 5.82 Å². The van der Waals surface area contributed by atoms with Crippen LogP contribution in [0.3, 0.4) is 0 Å². The van der Waals surface area contributed by atoms with Crippen LogP contribution in [-0.2, 0) is 6.18 Å². The second kappa shape index (κ2) is 6.25. The molecule has 10 heteroatoms. The molecule has 0 saturated carbocycles. The van der Waals surface area contributed by atoms with Crippen LogP contribution in [0.4, 0.5) is 35.1 Å². The van der Waals surface area contributed by atoms with E-state index in [0.29, 0.717) is 0 Å². The molecule has 0 aliphatic carbocycles. The fraction of sp³-hybridized carbons (Fsp3) is 0.0667. The first-order valence-corrected chi connectivity index (χ1v) is 7.23. The maximum absolute atomic E-state index is 13.5. The van der Waals surface area contributed by atoms with E-state index in [4.69, 9.17) is 17.3 Å². The van der Waals surface area contributed by atoms with Gasteiger partial charge in [0, 0.05) is 11.3 Å². The van der Waals surface area contributed by atoms with Gasteiger partial charge in [-0.05, 0) is 29.8 Å². The number of aromatic amines is 1. The van der Waals surface area contributed by atoms with Crippen LogP contribution in [0.15, 0.2) is 36.4 Å². The van der Waals surface area contributed by atoms with E-state index in [9.17, 15) is 17.6 Å². The quantitative estimate of drug-likeness (QED) is 0.587. The first-order chi connectivity index (χ1) is 11.7. The fourth-order valence-electron chi connectivity index (χ4n) is 2.30. The van der Waals surface area contributed by atoms with Crippen LogP contribution in [0.25, 0.3) is 11.1 Å². The van der Waals surface area contributed by atoms with Crippen molar-refractivity contribution in [2.45, 2.75) is 6.18 Å². The number of halogens is 5. The number of nitrogens with two attached hydrogens (primary N) is 1. The zero-order chi connectivity index (χ0) is 18.2. The molecule has 3 aromatic rings. The van der Waals surface area contributed by atoms with Crippen molar-refractivity contribution in [1.82, 2.24) is 15.2 Å². The Balaban J connectivity index is 2.12. The summed E-state index contributed by atoms with van der Waals surface area (Å²) in [5.74, 6) is -0.679. The van der Waals surface area contributed by atoms with Crippen LogP contribution in [0, 0.1) is 5.82 Å². The molecule has 0 atom stereocenters. The Kier molecular flexibility index (Phi) is 4.25. The van der Waals surface area contributed by atoms with Gasteiger partial charge >= 0.3 is 6.18 Å². The maximum atomic E-state index is 13.5. The summed E-state index contributed by atoms with van der Waals surface area (Å²) in [5.41, 5.74) is 4.07. The smallest absolute Gasteiger partial charge is 0.368 e. The van der Waals surface area contributed by atoms with Crippen molar-refractivity contribution in [1.29, 1.82) is 0 Å². The Morgan fingerprint density at radius 3 is 2.52 bits per heavy atom. The number of rotatable bonds is 3. The summed E-state index contributed by atoms with van der Waals surface area (Å²) in [4.78, 5) is 3.75. The minimum absolute atomic E-state index is 0.000947. The van der Waals surface area contributed by atoms with Crippen molar-refractivity contribution in [3.63, 3.8) is 0 Å². The summed E-state index contributed by atoms with van der Waals surface area (Å²) >= 11 is 6.06. The van der Waals surface area contributed by atoms with Gasteiger partial charge in [-0.3, -0.25) is 0 Å². The summed E-state index contributed by atoms with van der Waals surface area (Å²) in [7, 11) is 0. The largest absolute Gasteiger partial charge is 0.417 e. The Morgan fingerprint density at radius 2 is 1.92 bits per heavy atom. The molecule has 0 unspecified atom stereocenters. The normalized spacial score (nSPS) is 11.6. The molecule has 0 spiro atoms. The Bertz CT molecular complexity index is 923. The van der Waals surface area contributed by atoms with Crippen LogP contribution in [0.5, 0.6) is 0 Å². The van der Waals surface area contributed by atoms with Gasteiger partial charge in [-0.15, -0.1) is 5.10 Å². The molecule has 4 N–H and O–H groups in total. The number of nitrogens with one attached hydrogen (secondary N) is 2. The van der Waals surface area contributed by atoms with Crippen LogP contribution in [-0.4, -0.2) is 15.2 Å². The first-order valence-electron chi connectivity index (χ1n) is 6.85. The van der Waals surface area contributed by atoms with Crippen molar-refractivity contribution in [2.75, 3.05) is 11.1 Å². The van der Waals surface area contributed by atoms with E-state index < -0.39 is 17.6 Å². The van der Waals surface area contributed by atoms with E-state index in [0.717, 1.165) is 18.2 Å². The average Bonchev–Trinajstić information content (AvgIpc) is 2.91. The predicted molar refractivity (Wildman–Crippen MR) is 85.9 cm³/mol. The van der Waals surface area contributed by atoms with E-state index in [1.807, 2.05) is 0 Å². The highest BCUT2D eigenvalue weighted by Crippen LogP contribution is 2.43. The molecule has 1 heterocycles. The minimum atomic E-state index is -4.71. The molecule has 5 nitrogen and oxygen atoms in total. The molecule has 3 rings (SSSR count). The SMILES string of the molecule is Nc1nc(Nc2cc(Cl)c(-c3cccc(F)c3)c(C(F)(F)F)c2)n[nH]1. The van der Waals surface area contributed by atoms with Gasteiger partial charge in [0.05, 0.1) is 10.6 Å². The van der Waals surface area contributed by atoms with Gasteiger partial charge in [-0.1, -0.05) is 23.7 Å². The fourth-order valence-corrected chi connectivity index (χ4v) is 2.63. The van der Waals surface area contributed by atoms with Crippen LogP contribution in [0.1, 0.15) is 5.56 Å². The Hall–Kier alpha value is -2.81. The Labute approximate surface area is 143 Å². The lowest BCUT2D eigenvalue weighted by Crippen LogP contribution is -2.09. The first kappa shape index (κ1) is 17.0. The zero-order valence-electron chi connectivity index (χ0n) is 12.3. The Morgan fingerprint density at radius 1 is 1.16 bits per heavy atom. The summed E-state index contributed by atoms with van der Waals surface area (Å²) in [6, 6.07) is 6.89. The molecule has 1 aromatic heterocycles. The molecule has 0 radical (unpaired) electrons. The van der Waals surface area contributed by atoms with Gasteiger partial charge in [-0.25, -0.2) is 9.49 Å². The minimum Gasteiger partial charge on any atom is -0.368 e. The number of H-pyrrole nitrogens is 1. The second-order valence-electron chi connectivity index (χ2n) is 5.06. The number of hydrogen-bond acceptors (Lipinski definition) is 4. The number of alkyl halides is 3. The van der Waals surface area contributed by atoms with Crippen molar-refractivity contribution in [3.8, 4) is 11.1 Å². The van der Waals surface area contributed by atoms with E-state index >= 15 is 0 Å². The van der Waals surface area contributed by atoms with Crippen molar-refractivity contribution >= 4 is 29.2 Å². The summed E-state index contributed by atoms with van der Waals surface area (Å²) in [6.45, 7) is 0. The zero-order valence-corrected chi connectivity index (χ0v) is 13.1. The van der Waals surface area contributed by atoms with Crippen molar-refractivity contribution < 1.29 is 17.6 Å². The molecule has 0 aliphatic heterocycles. The van der Waals surface area contributed by atoms with Crippen molar-refractivity contribution in [2.24, 2.45) is 0 Å². The van der Waals surface area contributed by atoms with Gasteiger partial charge < -0.3 is 11.1 Å². The average molecular weight is 372 g/mol.